The molecule has 2 nitrogen and oxygen atoms in total. The first-order valence-electron chi connectivity index (χ1n) is 3.74. The van der Waals surface area contributed by atoms with Crippen molar-refractivity contribution in [3.8, 4) is 0 Å². The number of rotatable bonds is 2. The predicted molar refractivity (Wildman–Crippen MR) is 47.4 cm³/mol. The number of halogens is 1. The van der Waals surface area contributed by atoms with Gasteiger partial charge in [-0.1, -0.05) is 19.9 Å². The van der Waals surface area contributed by atoms with Gasteiger partial charge < -0.3 is 0 Å². The number of allylic oxidation sites excluding steroid dienone is 1. The van der Waals surface area contributed by atoms with Crippen molar-refractivity contribution in [3.63, 3.8) is 0 Å². The van der Waals surface area contributed by atoms with E-state index in [4.69, 9.17) is 18.2 Å². The molecule has 0 bridgehead atoms. The summed E-state index contributed by atoms with van der Waals surface area (Å²) < 4.78 is 0. The average molecular weight is 184 g/mol. The molecule has 64 valence electrons. The van der Waals surface area contributed by atoms with Crippen LogP contribution in [-0.2, 0) is 4.79 Å². The molecule has 0 N–H and O–H groups in total. The number of carbonyl (C=O) groups is 1. The highest BCUT2D eigenvalue weighted by Gasteiger charge is 2.59. The van der Waals surface area contributed by atoms with Gasteiger partial charge in [-0.3, -0.25) is 4.79 Å². The Labute approximate surface area is 77.0 Å². The summed E-state index contributed by atoms with van der Waals surface area (Å²) >= 11 is 5.38. The van der Waals surface area contributed by atoms with E-state index in [1.54, 1.807) is 6.08 Å². The van der Waals surface area contributed by atoms with Crippen LogP contribution >= 0.6 is 11.6 Å². The highest BCUT2D eigenvalue weighted by Crippen LogP contribution is 2.59. The fourth-order valence-corrected chi connectivity index (χ4v) is 2.02. The van der Waals surface area contributed by atoms with Crippen LogP contribution in [0, 0.1) is 23.8 Å². The van der Waals surface area contributed by atoms with Crippen LogP contribution in [0.5, 0.6) is 0 Å². The molecule has 0 radical (unpaired) electrons. The van der Waals surface area contributed by atoms with Crippen molar-refractivity contribution in [1.29, 1.82) is 0 Å². The van der Waals surface area contributed by atoms with Gasteiger partial charge in [0.25, 0.3) is 0 Å². The lowest BCUT2D eigenvalue weighted by Gasteiger charge is -1.95. The Kier molecular flexibility index (Phi) is 2.25. The molecule has 1 aliphatic rings. The van der Waals surface area contributed by atoms with Gasteiger partial charge in [0.1, 0.15) is 0 Å². The van der Waals surface area contributed by atoms with Gasteiger partial charge in [-0.15, -0.1) is 0 Å². The van der Waals surface area contributed by atoms with E-state index in [-0.39, 0.29) is 22.5 Å². The van der Waals surface area contributed by atoms with Gasteiger partial charge in [-0.05, 0) is 22.9 Å². The van der Waals surface area contributed by atoms with E-state index in [9.17, 15) is 4.79 Å². The molecule has 0 spiro atoms. The minimum atomic E-state index is -0.292. The maximum absolute atomic E-state index is 10.8. The van der Waals surface area contributed by atoms with Crippen LogP contribution in [0.25, 0.3) is 4.85 Å². The van der Waals surface area contributed by atoms with Crippen LogP contribution in [-0.4, -0.2) is 5.24 Å². The van der Waals surface area contributed by atoms with Crippen molar-refractivity contribution in [3.05, 3.63) is 23.7 Å². The second-order valence-electron chi connectivity index (χ2n) is 3.60. The Morgan fingerprint density at radius 1 is 1.67 bits per heavy atom. The van der Waals surface area contributed by atoms with Crippen LogP contribution in [0.15, 0.2) is 12.3 Å². The first kappa shape index (κ1) is 9.28. The summed E-state index contributed by atoms with van der Waals surface area (Å²) in [5.74, 6) is 0.0498. The molecule has 0 aromatic rings. The lowest BCUT2D eigenvalue weighted by Crippen LogP contribution is -1.96. The van der Waals surface area contributed by atoms with Gasteiger partial charge in [0, 0.05) is 5.92 Å². The van der Waals surface area contributed by atoms with E-state index in [0.29, 0.717) is 0 Å². The molecule has 3 heteroatoms. The second-order valence-corrected chi connectivity index (χ2v) is 3.97. The monoisotopic (exact) mass is 183 g/mol. The molecule has 1 fully saturated rings. The molecule has 0 saturated heterocycles. The van der Waals surface area contributed by atoms with Crippen LogP contribution in [0.4, 0.5) is 0 Å². The summed E-state index contributed by atoms with van der Waals surface area (Å²) in [6.07, 6.45) is 3.16. The van der Waals surface area contributed by atoms with Crippen LogP contribution in [0.1, 0.15) is 13.8 Å². The average Bonchev–Trinajstić information content (AvgIpc) is 2.49. The molecule has 0 amide bonds. The van der Waals surface area contributed by atoms with Crippen molar-refractivity contribution in [2.75, 3.05) is 0 Å². The Morgan fingerprint density at radius 2 is 2.25 bits per heavy atom. The van der Waals surface area contributed by atoms with Crippen molar-refractivity contribution in [2.45, 2.75) is 13.8 Å². The zero-order valence-electron chi connectivity index (χ0n) is 7.04. The molecule has 1 rings (SSSR count). The van der Waals surface area contributed by atoms with Crippen molar-refractivity contribution < 1.29 is 4.79 Å². The minimum Gasteiger partial charge on any atom is -0.281 e. The van der Waals surface area contributed by atoms with Gasteiger partial charge >= 0.3 is 0 Å². The normalized spacial score (nSPS) is 31.5. The molecule has 1 saturated carbocycles. The molecule has 0 aromatic heterocycles. The maximum atomic E-state index is 10.8. The molecule has 12 heavy (non-hydrogen) atoms. The molecule has 2 unspecified atom stereocenters. The van der Waals surface area contributed by atoms with Gasteiger partial charge in [-0.25, -0.2) is 4.85 Å². The number of hydrogen-bond donors (Lipinski definition) is 0. The minimum absolute atomic E-state index is 0.0555. The molecular formula is C9H10ClNO. The number of carbonyl (C=O) groups excluding carboxylic acids is 1. The first-order valence-corrected chi connectivity index (χ1v) is 4.12. The Balaban J connectivity index is 2.68. The standard InChI is InChI=1S/C9H10ClNO/c1-9(2)6(4-5-11-3)7(9)8(10)12/h4-7H,1-2H3/b5-4-. The summed E-state index contributed by atoms with van der Waals surface area (Å²) in [5, 5.41) is -0.292. The number of hydrogen-bond acceptors (Lipinski definition) is 1. The highest BCUT2D eigenvalue weighted by molar-refractivity contribution is 6.64. The quantitative estimate of drug-likeness (QED) is 0.476. The molecular weight excluding hydrogens is 174 g/mol. The fourth-order valence-electron chi connectivity index (χ4n) is 1.61. The molecule has 1 aliphatic carbocycles. The zero-order chi connectivity index (χ0) is 9.35. The van der Waals surface area contributed by atoms with Gasteiger partial charge in [0.05, 0.1) is 6.57 Å². The third-order valence-corrected chi connectivity index (χ3v) is 2.76. The summed E-state index contributed by atoms with van der Waals surface area (Å²) in [5.41, 5.74) is -0.0555. The maximum Gasteiger partial charge on any atom is 0.225 e. The van der Waals surface area contributed by atoms with Gasteiger partial charge in [0.2, 0.25) is 5.24 Å². The summed E-state index contributed by atoms with van der Waals surface area (Å²) in [7, 11) is 0. The summed E-state index contributed by atoms with van der Waals surface area (Å²) in [6, 6.07) is 0. The van der Waals surface area contributed by atoms with Crippen molar-refractivity contribution in [2.24, 2.45) is 17.3 Å². The predicted octanol–water partition coefficient (Wildman–Crippen LogP) is 2.46. The summed E-state index contributed by atoms with van der Waals surface area (Å²) in [4.78, 5) is 13.9. The molecule has 2 atom stereocenters. The van der Waals surface area contributed by atoms with Crippen molar-refractivity contribution in [1.82, 2.24) is 0 Å². The summed E-state index contributed by atoms with van der Waals surface area (Å²) in [6.45, 7) is 10.5. The van der Waals surface area contributed by atoms with E-state index in [2.05, 4.69) is 4.85 Å². The smallest absolute Gasteiger partial charge is 0.225 e. The number of nitrogens with zero attached hydrogens (tertiary/aromatic N) is 1. The lowest BCUT2D eigenvalue weighted by molar-refractivity contribution is -0.113. The van der Waals surface area contributed by atoms with Crippen LogP contribution in [0.3, 0.4) is 0 Å². The fraction of sp³-hybridized carbons (Fsp3) is 0.556. The second kappa shape index (κ2) is 2.91. The Bertz CT molecular complexity index is 275. The van der Waals surface area contributed by atoms with Gasteiger partial charge in [0.15, 0.2) is 6.20 Å². The van der Waals surface area contributed by atoms with Gasteiger partial charge in [-0.2, -0.15) is 0 Å². The van der Waals surface area contributed by atoms with Crippen LogP contribution in [0.2, 0.25) is 0 Å². The third-order valence-electron chi connectivity index (χ3n) is 2.52. The van der Waals surface area contributed by atoms with E-state index >= 15 is 0 Å². The van der Waals surface area contributed by atoms with Crippen molar-refractivity contribution >= 4 is 16.8 Å². The zero-order valence-corrected chi connectivity index (χ0v) is 7.80. The molecule has 0 aliphatic heterocycles. The van der Waals surface area contributed by atoms with E-state index in [0.717, 1.165) is 0 Å². The van der Waals surface area contributed by atoms with E-state index < -0.39 is 0 Å². The molecule has 0 heterocycles. The largest absolute Gasteiger partial charge is 0.281 e. The SMILES string of the molecule is [C-]#[N+]/C=C\C1C(C(=O)Cl)C1(C)C. The lowest BCUT2D eigenvalue weighted by atomic mass is 10.1. The van der Waals surface area contributed by atoms with Crippen LogP contribution < -0.4 is 0 Å². The Hall–Kier alpha value is -0.810. The van der Waals surface area contributed by atoms with E-state index in [1.807, 2.05) is 13.8 Å². The van der Waals surface area contributed by atoms with E-state index in [1.165, 1.54) is 6.20 Å². The Morgan fingerprint density at radius 3 is 2.58 bits per heavy atom. The topological polar surface area (TPSA) is 21.4 Å². The highest BCUT2D eigenvalue weighted by atomic mass is 35.5. The third kappa shape index (κ3) is 1.37. The first-order chi connectivity index (χ1) is 5.51. The molecule has 0 aromatic carbocycles.